The fourth-order valence-corrected chi connectivity index (χ4v) is 2.73. The second-order valence-corrected chi connectivity index (χ2v) is 6.25. The van der Waals surface area contributed by atoms with Crippen molar-refractivity contribution in [2.75, 3.05) is 0 Å². The van der Waals surface area contributed by atoms with Crippen LogP contribution >= 0.6 is 11.6 Å². The molecule has 1 atom stereocenters. The quantitative estimate of drug-likeness (QED) is 0.454. The van der Waals surface area contributed by atoms with E-state index in [1.54, 1.807) is 48.5 Å². The molecule has 0 aliphatic rings. The summed E-state index contributed by atoms with van der Waals surface area (Å²) in [6.45, 7) is 0. The van der Waals surface area contributed by atoms with E-state index in [0.717, 1.165) is 5.56 Å². The van der Waals surface area contributed by atoms with Crippen molar-refractivity contribution in [2.45, 2.75) is 12.5 Å². The van der Waals surface area contributed by atoms with Crippen LogP contribution in [-0.2, 0) is 16.0 Å². The Bertz CT molecular complexity index is 874. The van der Waals surface area contributed by atoms with Crippen molar-refractivity contribution < 1.29 is 14.3 Å². The van der Waals surface area contributed by atoms with Crippen LogP contribution < -0.4 is 0 Å². The highest BCUT2D eigenvalue weighted by Gasteiger charge is 2.26. The van der Waals surface area contributed by atoms with E-state index in [4.69, 9.17) is 16.3 Å². The number of carbonyl (C=O) groups excluding carboxylic acids is 2. The molecule has 0 saturated heterocycles. The lowest BCUT2D eigenvalue weighted by atomic mass is 9.99. The van der Waals surface area contributed by atoms with Gasteiger partial charge in [0.1, 0.15) is 0 Å². The van der Waals surface area contributed by atoms with Crippen LogP contribution in [0.4, 0.5) is 0 Å². The molecular formula is C22H17ClO3. The third-order valence-electron chi connectivity index (χ3n) is 3.91. The van der Waals surface area contributed by atoms with Crippen molar-refractivity contribution in [3.05, 3.63) is 107 Å². The summed E-state index contributed by atoms with van der Waals surface area (Å²) in [5, 5.41) is 0.551. The number of benzene rings is 3. The Balaban J connectivity index is 1.84. The van der Waals surface area contributed by atoms with E-state index in [0.29, 0.717) is 16.1 Å². The first kappa shape index (κ1) is 17.9. The van der Waals surface area contributed by atoms with Gasteiger partial charge in [-0.3, -0.25) is 9.59 Å². The summed E-state index contributed by atoms with van der Waals surface area (Å²) >= 11 is 5.93. The van der Waals surface area contributed by atoms with Crippen molar-refractivity contribution >= 4 is 23.4 Å². The maximum Gasteiger partial charge on any atom is 0.311 e. The molecule has 0 heterocycles. The van der Waals surface area contributed by atoms with Gasteiger partial charge in [-0.2, -0.15) is 0 Å². The summed E-state index contributed by atoms with van der Waals surface area (Å²) in [5.41, 5.74) is 1.91. The highest BCUT2D eigenvalue weighted by molar-refractivity contribution is 6.30. The largest absolute Gasteiger partial charge is 0.449 e. The molecule has 0 N–H and O–H groups in total. The van der Waals surface area contributed by atoms with Crippen molar-refractivity contribution in [3.8, 4) is 0 Å². The van der Waals surface area contributed by atoms with Crippen LogP contribution in [0.1, 0.15) is 27.6 Å². The van der Waals surface area contributed by atoms with Crippen LogP contribution in [0.25, 0.3) is 0 Å². The summed E-state index contributed by atoms with van der Waals surface area (Å²) in [4.78, 5) is 25.3. The van der Waals surface area contributed by atoms with Crippen molar-refractivity contribution in [1.82, 2.24) is 0 Å². The maximum absolute atomic E-state index is 12.9. The number of rotatable bonds is 6. The van der Waals surface area contributed by atoms with Gasteiger partial charge in [-0.15, -0.1) is 0 Å². The predicted octanol–water partition coefficient (Wildman–Crippen LogP) is 5.05. The van der Waals surface area contributed by atoms with E-state index >= 15 is 0 Å². The van der Waals surface area contributed by atoms with Crippen LogP contribution in [-0.4, -0.2) is 11.8 Å². The standard InChI is InChI=1S/C22H17ClO3/c23-19-13-11-18(12-14-19)22(21(25)17-9-5-2-6-10-17)26-20(24)15-16-7-3-1-4-8-16/h1-14,22H,15H2. The third-order valence-corrected chi connectivity index (χ3v) is 4.16. The highest BCUT2D eigenvalue weighted by Crippen LogP contribution is 2.25. The zero-order valence-corrected chi connectivity index (χ0v) is 14.7. The first-order valence-corrected chi connectivity index (χ1v) is 8.59. The predicted molar refractivity (Wildman–Crippen MR) is 101 cm³/mol. The van der Waals surface area contributed by atoms with E-state index in [-0.39, 0.29) is 12.2 Å². The number of hydrogen-bond donors (Lipinski definition) is 0. The monoisotopic (exact) mass is 364 g/mol. The van der Waals surface area contributed by atoms with E-state index < -0.39 is 12.1 Å². The lowest BCUT2D eigenvalue weighted by molar-refractivity contribution is -0.146. The topological polar surface area (TPSA) is 43.4 Å². The Labute approximate surface area is 157 Å². The molecule has 0 aliphatic heterocycles. The summed E-state index contributed by atoms with van der Waals surface area (Å²) < 4.78 is 5.57. The molecule has 0 saturated carbocycles. The molecule has 0 fully saturated rings. The van der Waals surface area contributed by atoms with E-state index in [1.165, 1.54) is 0 Å². The Hall–Kier alpha value is -2.91. The summed E-state index contributed by atoms with van der Waals surface area (Å²) in [6.07, 6.45) is -0.904. The van der Waals surface area contributed by atoms with Crippen LogP contribution in [0.15, 0.2) is 84.9 Å². The van der Waals surface area contributed by atoms with Gasteiger partial charge in [0.05, 0.1) is 6.42 Å². The first-order chi connectivity index (χ1) is 12.6. The average Bonchev–Trinajstić information content (AvgIpc) is 2.68. The average molecular weight is 365 g/mol. The summed E-state index contributed by atoms with van der Waals surface area (Å²) in [7, 11) is 0. The zero-order chi connectivity index (χ0) is 18.4. The van der Waals surface area contributed by atoms with Gasteiger partial charge in [0.2, 0.25) is 5.78 Å². The van der Waals surface area contributed by atoms with Gasteiger partial charge in [0, 0.05) is 16.1 Å². The van der Waals surface area contributed by atoms with Crippen molar-refractivity contribution in [2.24, 2.45) is 0 Å². The number of esters is 1. The van der Waals surface area contributed by atoms with Gasteiger partial charge in [0.15, 0.2) is 6.10 Å². The molecule has 3 rings (SSSR count). The molecule has 0 amide bonds. The molecule has 1 unspecified atom stereocenters. The Morgan fingerprint density at radius 2 is 1.38 bits per heavy atom. The molecule has 0 spiro atoms. The molecule has 26 heavy (non-hydrogen) atoms. The van der Waals surface area contributed by atoms with Gasteiger partial charge < -0.3 is 4.74 Å². The third kappa shape index (κ3) is 4.58. The molecule has 3 aromatic rings. The van der Waals surface area contributed by atoms with Gasteiger partial charge in [-0.05, 0) is 17.7 Å². The van der Waals surface area contributed by atoms with Gasteiger partial charge >= 0.3 is 5.97 Å². The Kier molecular flexibility index (Phi) is 5.82. The lowest BCUT2D eigenvalue weighted by Gasteiger charge is -2.17. The van der Waals surface area contributed by atoms with Gasteiger partial charge in [-0.1, -0.05) is 84.4 Å². The summed E-state index contributed by atoms with van der Waals surface area (Å²) in [5.74, 6) is -0.727. The molecular weight excluding hydrogens is 348 g/mol. The minimum absolute atomic E-state index is 0.104. The fraction of sp³-hybridized carbons (Fsp3) is 0.0909. The Morgan fingerprint density at radius 3 is 2.00 bits per heavy atom. The second-order valence-electron chi connectivity index (χ2n) is 5.81. The van der Waals surface area contributed by atoms with Crippen molar-refractivity contribution in [3.63, 3.8) is 0 Å². The van der Waals surface area contributed by atoms with E-state index in [1.807, 2.05) is 36.4 Å². The normalized spacial score (nSPS) is 11.6. The Morgan fingerprint density at radius 1 is 0.808 bits per heavy atom. The molecule has 130 valence electrons. The smallest absolute Gasteiger partial charge is 0.311 e. The number of carbonyl (C=O) groups is 2. The first-order valence-electron chi connectivity index (χ1n) is 8.21. The molecule has 3 aromatic carbocycles. The maximum atomic E-state index is 12.9. The van der Waals surface area contributed by atoms with Crippen LogP contribution in [0.5, 0.6) is 0 Å². The number of Topliss-reactive ketones (excluding diaryl/α,β-unsaturated/α-hetero) is 1. The minimum Gasteiger partial charge on any atom is -0.449 e. The van der Waals surface area contributed by atoms with E-state index in [9.17, 15) is 9.59 Å². The lowest BCUT2D eigenvalue weighted by Crippen LogP contribution is -2.21. The van der Waals surface area contributed by atoms with Crippen LogP contribution in [0.2, 0.25) is 5.02 Å². The summed E-state index contributed by atoms with van der Waals surface area (Å²) in [6, 6.07) is 24.8. The van der Waals surface area contributed by atoms with Gasteiger partial charge in [-0.25, -0.2) is 0 Å². The number of ether oxygens (including phenoxy) is 1. The zero-order valence-electron chi connectivity index (χ0n) is 14.0. The van der Waals surface area contributed by atoms with Crippen molar-refractivity contribution in [1.29, 1.82) is 0 Å². The SMILES string of the molecule is O=C(Cc1ccccc1)OC(C(=O)c1ccccc1)c1ccc(Cl)cc1. The van der Waals surface area contributed by atoms with Crippen LogP contribution in [0, 0.1) is 0 Å². The molecule has 3 nitrogen and oxygen atoms in total. The molecule has 0 aliphatic carbocycles. The van der Waals surface area contributed by atoms with Gasteiger partial charge in [0.25, 0.3) is 0 Å². The number of ketones is 1. The fourth-order valence-electron chi connectivity index (χ4n) is 2.60. The number of halogens is 1. The number of hydrogen-bond acceptors (Lipinski definition) is 3. The molecule has 0 radical (unpaired) electrons. The molecule has 0 aromatic heterocycles. The van der Waals surface area contributed by atoms with Crippen LogP contribution in [0.3, 0.4) is 0 Å². The minimum atomic E-state index is -1.01. The van der Waals surface area contributed by atoms with E-state index in [2.05, 4.69) is 0 Å². The second kappa shape index (κ2) is 8.45. The molecule has 0 bridgehead atoms. The highest BCUT2D eigenvalue weighted by atomic mass is 35.5. The molecule has 4 heteroatoms.